The molecule has 5 heteroatoms. The van der Waals surface area contributed by atoms with Gasteiger partial charge in [0.15, 0.2) is 5.75 Å². The lowest BCUT2D eigenvalue weighted by Gasteiger charge is -2.25. The SMILES string of the molecule is NOc1cccc2c1SCCC2(F)F. The first-order valence-corrected chi connectivity index (χ1v) is 5.14. The van der Waals surface area contributed by atoms with Gasteiger partial charge in [-0.25, -0.2) is 8.78 Å². The van der Waals surface area contributed by atoms with E-state index in [4.69, 9.17) is 5.90 Å². The molecule has 0 aromatic heterocycles. The van der Waals surface area contributed by atoms with E-state index < -0.39 is 5.92 Å². The molecule has 1 aromatic rings. The summed E-state index contributed by atoms with van der Waals surface area (Å²) >= 11 is 1.36. The summed E-state index contributed by atoms with van der Waals surface area (Å²) in [5, 5.41) is 0. The summed E-state index contributed by atoms with van der Waals surface area (Å²) in [6, 6.07) is 4.54. The molecule has 0 unspecified atom stereocenters. The zero-order valence-electron chi connectivity index (χ0n) is 7.30. The van der Waals surface area contributed by atoms with Gasteiger partial charge in [0.05, 0.1) is 4.90 Å². The monoisotopic (exact) mass is 217 g/mol. The van der Waals surface area contributed by atoms with Crippen LogP contribution in [-0.2, 0) is 5.92 Å². The number of hydrogen-bond acceptors (Lipinski definition) is 3. The highest BCUT2D eigenvalue weighted by Gasteiger charge is 2.38. The fourth-order valence-corrected chi connectivity index (χ4v) is 2.66. The first-order valence-electron chi connectivity index (χ1n) is 4.16. The summed E-state index contributed by atoms with van der Waals surface area (Å²) in [6.07, 6.45) is -0.126. The van der Waals surface area contributed by atoms with Gasteiger partial charge in [-0.05, 0) is 6.07 Å². The van der Waals surface area contributed by atoms with Crippen molar-refractivity contribution in [3.63, 3.8) is 0 Å². The molecular weight excluding hydrogens is 208 g/mol. The Bertz CT molecular complexity index is 357. The Labute approximate surface area is 84.4 Å². The third-order valence-corrected chi connectivity index (χ3v) is 3.28. The van der Waals surface area contributed by atoms with Crippen LogP contribution in [0.25, 0.3) is 0 Å². The summed E-state index contributed by atoms with van der Waals surface area (Å²) in [7, 11) is 0. The normalized spacial score (nSPS) is 18.8. The molecule has 0 radical (unpaired) electrons. The van der Waals surface area contributed by atoms with Gasteiger partial charge in [-0.2, -0.15) is 5.90 Å². The van der Waals surface area contributed by atoms with Crippen molar-refractivity contribution in [2.24, 2.45) is 5.90 Å². The first kappa shape index (κ1) is 9.73. The molecule has 0 atom stereocenters. The van der Waals surface area contributed by atoms with Crippen LogP contribution in [0, 0.1) is 0 Å². The van der Waals surface area contributed by atoms with Gasteiger partial charge < -0.3 is 4.84 Å². The Morgan fingerprint density at radius 1 is 1.43 bits per heavy atom. The van der Waals surface area contributed by atoms with Crippen LogP contribution in [0.4, 0.5) is 8.78 Å². The number of thioether (sulfide) groups is 1. The summed E-state index contributed by atoms with van der Waals surface area (Å²) in [4.78, 5) is 5.02. The molecule has 2 N–H and O–H groups in total. The Kier molecular flexibility index (Phi) is 2.36. The lowest BCUT2D eigenvalue weighted by atomic mass is 10.1. The molecule has 0 aliphatic carbocycles. The van der Waals surface area contributed by atoms with Crippen molar-refractivity contribution in [3.05, 3.63) is 23.8 Å². The molecule has 0 bridgehead atoms. The molecule has 1 heterocycles. The van der Waals surface area contributed by atoms with Crippen LogP contribution in [0.2, 0.25) is 0 Å². The van der Waals surface area contributed by atoms with Crippen molar-refractivity contribution in [1.82, 2.24) is 0 Å². The molecule has 1 aromatic carbocycles. The maximum absolute atomic E-state index is 13.4. The van der Waals surface area contributed by atoms with Crippen molar-refractivity contribution in [2.75, 3.05) is 5.75 Å². The number of hydrogen-bond donors (Lipinski definition) is 1. The number of nitrogens with two attached hydrogens (primary N) is 1. The van der Waals surface area contributed by atoms with E-state index in [0.717, 1.165) is 0 Å². The van der Waals surface area contributed by atoms with E-state index in [2.05, 4.69) is 4.84 Å². The second-order valence-corrected chi connectivity index (χ2v) is 4.16. The molecule has 14 heavy (non-hydrogen) atoms. The summed E-state index contributed by atoms with van der Waals surface area (Å²) in [5.41, 5.74) is 0.0247. The molecular formula is C9H9F2NOS. The van der Waals surface area contributed by atoms with E-state index in [1.54, 1.807) is 6.07 Å². The van der Waals surface area contributed by atoms with E-state index in [0.29, 0.717) is 16.4 Å². The molecule has 1 aliphatic heterocycles. The standard InChI is InChI=1S/C9H9F2NOS/c10-9(11)4-5-14-8-6(9)2-1-3-7(8)13-12/h1-3H,4-5,12H2. The van der Waals surface area contributed by atoms with Gasteiger partial charge in [0, 0.05) is 17.7 Å². The summed E-state index contributed by atoms with van der Waals surface area (Å²) in [6.45, 7) is 0. The lowest BCUT2D eigenvalue weighted by molar-refractivity contribution is -0.0120. The number of halogens is 2. The van der Waals surface area contributed by atoms with Crippen molar-refractivity contribution in [2.45, 2.75) is 17.2 Å². The highest BCUT2D eigenvalue weighted by molar-refractivity contribution is 7.99. The third-order valence-electron chi connectivity index (χ3n) is 2.16. The van der Waals surface area contributed by atoms with Crippen molar-refractivity contribution in [3.8, 4) is 5.75 Å². The largest absolute Gasteiger partial charge is 0.410 e. The maximum atomic E-state index is 13.4. The molecule has 1 aliphatic rings. The minimum absolute atomic E-state index is 0.0247. The number of rotatable bonds is 1. The predicted octanol–water partition coefficient (Wildman–Crippen LogP) is 2.53. The van der Waals surface area contributed by atoms with Gasteiger partial charge in [-0.15, -0.1) is 11.8 Å². The second kappa shape index (κ2) is 3.40. The molecule has 76 valence electrons. The van der Waals surface area contributed by atoms with Crippen LogP contribution >= 0.6 is 11.8 Å². The Morgan fingerprint density at radius 2 is 2.21 bits per heavy atom. The van der Waals surface area contributed by atoms with Crippen LogP contribution in [-0.4, -0.2) is 5.75 Å². The van der Waals surface area contributed by atoms with Crippen LogP contribution in [0.3, 0.4) is 0 Å². The lowest BCUT2D eigenvalue weighted by Crippen LogP contribution is -2.20. The minimum atomic E-state index is -2.75. The third kappa shape index (κ3) is 1.46. The fraction of sp³-hybridized carbons (Fsp3) is 0.333. The summed E-state index contributed by atoms with van der Waals surface area (Å²) < 4.78 is 26.8. The van der Waals surface area contributed by atoms with Crippen LogP contribution in [0.15, 0.2) is 23.1 Å². The average Bonchev–Trinajstić information content (AvgIpc) is 2.17. The Hall–Kier alpha value is -0.810. The first-order chi connectivity index (χ1) is 6.65. The van der Waals surface area contributed by atoms with Gasteiger partial charge in [-0.3, -0.25) is 0 Å². The molecule has 0 spiro atoms. The van der Waals surface area contributed by atoms with Gasteiger partial charge in [-0.1, -0.05) is 12.1 Å². The number of fused-ring (bicyclic) bond motifs is 1. The molecule has 2 rings (SSSR count). The molecule has 0 saturated carbocycles. The van der Waals surface area contributed by atoms with Crippen LogP contribution < -0.4 is 10.7 Å². The molecule has 2 nitrogen and oxygen atoms in total. The van der Waals surface area contributed by atoms with E-state index in [-0.39, 0.29) is 12.0 Å². The van der Waals surface area contributed by atoms with Crippen molar-refractivity contribution in [1.29, 1.82) is 0 Å². The number of alkyl halides is 2. The van der Waals surface area contributed by atoms with Gasteiger partial charge in [0.1, 0.15) is 0 Å². The highest BCUT2D eigenvalue weighted by Crippen LogP contribution is 2.47. The quantitative estimate of drug-likeness (QED) is 0.734. The van der Waals surface area contributed by atoms with Crippen LogP contribution in [0.5, 0.6) is 5.75 Å². The smallest absolute Gasteiger partial charge is 0.275 e. The second-order valence-electron chi connectivity index (χ2n) is 3.05. The van der Waals surface area contributed by atoms with E-state index in [1.165, 1.54) is 23.9 Å². The zero-order valence-corrected chi connectivity index (χ0v) is 8.11. The van der Waals surface area contributed by atoms with E-state index in [9.17, 15) is 8.78 Å². The average molecular weight is 217 g/mol. The Balaban J connectivity index is 2.55. The fourth-order valence-electron chi connectivity index (χ4n) is 1.46. The Morgan fingerprint density at radius 3 is 2.93 bits per heavy atom. The highest BCUT2D eigenvalue weighted by atomic mass is 32.2. The zero-order chi connectivity index (χ0) is 10.2. The van der Waals surface area contributed by atoms with Gasteiger partial charge in [0.2, 0.25) is 0 Å². The van der Waals surface area contributed by atoms with E-state index in [1.807, 2.05) is 0 Å². The minimum Gasteiger partial charge on any atom is -0.410 e. The van der Waals surface area contributed by atoms with E-state index >= 15 is 0 Å². The molecule has 0 saturated heterocycles. The molecule has 0 fully saturated rings. The van der Waals surface area contributed by atoms with Gasteiger partial charge in [0.25, 0.3) is 5.92 Å². The molecule has 0 amide bonds. The van der Waals surface area contributed by atoms with Crippen LogP contribution in [0.1, 0.15) is 12.0 Å². The number of benzene rings is 1. The topological polar surface area (TPSA) is 35.2 Å². The van der Waals surface area contributed by atoms with Crippen molar-refractivity contribution >= 4 is 11.8 Å². The summed E-state index contributed by atoms with van der Waals surface area (Å²) in [5.74, 6) is 2.96. The predicted molar refractivity (Wildman–Crippen MR) is 50.5 cm³/mol. The van der Waals surface area contributed by atoms with Crippen molar-refractivity contribution < 1.29 is 13.6 Å². The van der Waals surface area contributed by atoms with Gasteiger partial charge >= 0.3 is 0 Å². The maximum Gasteiger partial charge on any atom is 0.275 e.